The number of anilines is 1. The normalized spacial score (nSPS) is 17.2. The van der Waals surface area contributed by atoms with Gasteiger partial charge in [0.1, 0.15) is 34.8 Å². The molecule has 60 heavy (non-hydrogen) atoms. The molecule has 2 aliphatic rings. The number of pyridine rings is 1. The van der Waals surface area contributed by atoms with Crippen LogP contribution in [0.3, 0.4) is 0 Å². The minimum atomic E-state index is -5.14. The number of aryl methyl sites for hydroxylation is 2. The third-order valence-electron chi connectivity index (χ3n) is 10.1. The van der Waals surface area contributed by atoms with Gasteiger partial charge in [-0.15, -0.1) is 11.3 Å². The summed E-state index contributed by atoms with van der Waals surface area (Å²) in [6.45, 7) is -1.11. The Morgan fingerprint density at radius 1 is 1.03 bits per heavy atom. The van der Waals surface area contributed by atoms with Gasteiger partial charge in [0.15, 0.2) is 17.2 Å². The summed E-state index contributed by atoms with van der Waals surface area (Å²) in [6, 6.07) is 7.94. The highest BCUT2D eigenvalue weighted by Gasteiger charge is 2.62. The van der Waals surface area contributed by atoms with Crippen molar-refractivity contribution in [1.29, 1.82) is 0 Å². The lowest BCUT2D eigenvalue weighted by atomic mass is 9.84. The van der Waals surface area contributed by atoms with Crippen LogP contribution in [0.2, 0.25) is 0 Å². The Morgan fingerprint density at radius 3 is 2.43 bits per heavy atom. The molecule has 2 aliphatic carbocycles. The van der Waals surface area contributed by atoms with Gasteiger partial charge in [0.25, 0.3) is 0 Å². The lowest BCUT2D eigenvalue weighted by Gasteiger charge is -2.24. The average molecular weight is 869 g/mol. The van der Waals surface area contributed by atoms with Crippen LogP contribution in [0.25, 0.3) is 42.9 Å². The van der Waals surface area contributed by atoms with Gasteiger partial charge >= 0.3 is 12.1 Å². The van der Waals surface area contributed by atoms with Gasteiger partial charge in [-0.05, 0) is 36.2 Å². The number of rotatable bonds is 10. The predicted molar refractivity (Wildman–Crippen MR) is 204 cm³/mol. The number of thiazole rings is 1. The number of aromatic nitrogens is 8. The number of hydrogen-bond acceptors (Lipinski definition) is 9. The molecule has 0 saturated heterocycles. The monoisotopic (exact) mass is 868 g/mol. The maximum Gasteiger partial charge on any atom is 0.435 e. The minimum Gasteiger partial charge on any atom is -0.346 e. The SMILES string of the molecule is Cn1cc(-c2nc3nc(C(Cc4cc(F)cc(F)c4)NC(=O)Cn4nc(C(F)(F)F)c5c4C(F)(F)[C@@H]4C#C[C@H]54)c(-c4cccc5c(NS(C)(=O)=O)nn(C)c45)cc3s2)cn1. The van der Waals surface area contributed by atoms with Crippen LogP contribution < -0.4 is 10.0 Å². The largest absolute Gasteiger partial charge is 0.435 e. The van der Waals surface area contributed by atoms with Crippen molar-refractivity contribution in [2.75, 3.05) is 11.0 Å². The quantitative estimate of drug-likeness (QED) is 0.118. The zero-order valence-electron chi connectivity index (χ0n) is 31.1. The van der Waals surface area contributed by atoms with Crippen molar-refractivity contribution in [1.82, 2.24) is 44.6 Å². The summed E-state index contributed by atoms with van der Waals surface area (Å²) in [5.41, 5.74) is -1.44. The molecule has 2 aromatic carbocycles. The summed E-state index contributed by atoms with van der Waals surface area (Å²) >= 11 is 1.25. The number of sulfonamides is 1. The summed E-state index contributed by atoms with van der Waals surface area (Å²) in [5, 5.41) is 15.6. The van der Waals surface area contributed by atoms with Crippen molar-refractivity contribution in [3.8, 4) is 33.5 Å². The Balaban J connectivity index is 1.21. The molecule has 1 unspecified atom stereocenters. The summed E-state index contributed by atoms with van der Waals surface area (Å²) in [7, 11) is -0.505. The number of benzene rings is 2. The molecule has 3 atom stereocenters. The van der Waals surface area contributed by atoms with Gasteiger partial charge in [0.05, 0.1) is 40.3 Å². The van der Waals surface area contributed by atoms with E-state index in [9.17, 15) is 35.2 Å². The lowest BCUT2D eigenvalue weighted by molar-refractivity contribution is -0.142. The Labute approximate surface area is 338 Å². The molecule has 13 nitrogen and oxygen atoms in total. The molecular formula is C38H27F7N10O3S2. The smallest absolute Gasteiger partial charge is 0.346 e. The fourth-order valence-corrected chi connectivity index (χ4v) is 9.18. The zero-order valence-corrected chi connectivity index (χ0v) is 32.7. The second-order valence-corrected chi connectivity index (χ2v) is 17.2. The van der Waals surface area contributed by atoms with E-state index in [-0.39, 0.29) is 29.1 Å². The van der Waals surface area contributed by atoms with E-state index in [4.69, 9.17) is 9.97 Å². The van der Waals surface area contributed by atoms with Crippen LogP contribution in [0.5, 0.6) is 0 Å². The molecule has 2 N–H and O–H groups in total. The molecule has 7 aromatic rings. The molecule has 0 spiro atoms. The second kappa shape index (κ2) is 13.6. The summed E-state index contributed by atoms with van der Waals surface area (Å²) in [4.78, 5) is 23.6. The molecule has 22 heteroatoms. The highest BCUT2D eigenvalue weighted by molar-refractivity contribution is 7.92. The predicted octanol–water partition coefficient (Wildman–Crippen LogP) is 6.43. The number of carbonyl (C=O) groups excluding carboxylic acids is 1. The Morgan fingerprint density at radius 2 is 1.78 bits per heavy atom. The van der Waals surface area contributed by atoms with Gasteiger partial charge in [-0.25, -0.2) is 27.2 Å². The van der Waals surface area contributed by atoms with Crippen molar-refractivity contribution in [2.24, 2.45) is 20.0 Å². The van der Waals surface area contributed by atoms with Crippen LogP contribution in [0, 0.1) is 29.4 Å². The molecular weight excluding hydrogens is 842 g/mol. The molecule has 0 aliphatic heterocycles. The number of fused-ring (bicyclic) bond motifs is 5. The van der Waals surface area contributed by atoms with E-state index < -0.39 is 81.0 Å². The molecule has 0 radical (unpaired) electrons. The Hall–Kier alpha value is -6.34. The fraction of sp³-hybridized carbons (Fsp3) is 0.263. The average Bonchev–Trinajstić information content (AvgIpc) is 3.92. The number of carbonyl (C=O) groups is 1. The first-order chi connectivity index (χ1) is 28.2. The molecule has 0 fully saturated rings. The van der Waals surface area contributed by atoms with E-state index in [1.54, 1.807) is 55.4 Å². The van der Waals surface area contributed by atoms with Crippen molar-refractivity contribution in [3.63, 3.8) is 0 Å². The number of halogens is 7. The van der Waals surface area contributed by atoms with E-state index in [0.29, 0.717) is 48.0 Å². The third-order valence-corrected chi connectivity index (χ3v) is 11.7. The number of para-hydroxylation sites is 1. The van der Waals surface area contributed by atoms with Gasteiger partial charge in [0.2, 0.25) is 15.9 Å². The first kappa shape index (κ1) is 39.1. The number of alkyl halides is 5. The van der Waals surface area contributed by atoms with Gasteiger partial charge in [-0.1, -0.05) is 24.0 Å². The van der Waals surface area contributed by atoms with Crippen molar-refractivity contribution >= 4 is 54.3 Å². The van der Waals surface area contributed by atoms with Crippen LogP contribution in [-0.4, -0.2) is 59.9 Å². The standard InChI is InChI=1S/C38H27F7N10O3S2/c1-53-15-18(14-46-53)36-49-35-27(59-36)13-24(21-5-4-6-23-31(21)54(2)51-34(23)52-60(3,57)58)30(48-35)26(11-17-9-19(39)12-20(40)10-17)47-28(56)16-55-33-29(32(50-55)38(43,44)45)22-7-8-25(22)37(33,41)42/h4-6,9-10,12-15,22,25-26H,11,16H2,1-3H3,(H,47,56)(H,51,52)/t22-,25+,26?/m0/s1. The number of nitrogens with zero attached hydrogens (tertiary/aromatic N) is 8. The molecule has 0 bridgehead atoms. The van der Waals surface area contributed by atoms with Gasteiger partial charge in [-0.2, -0.15) is 37.2 Å². The fourth-order valence-electron chi connectivity index (χ4n) is 7.76. The highest BCUT2D eigenvalue weighted by Crippen LogP contribution is 2.58. The van der Waals surface area contributed by atoms with Crippen molar-refractivity contribution in [3.05, 3.63) is 94.7 Å². The summed E-state index contributed by atoms with van der Waals surface area (Å²) < 4.78 is 134. The van der Waals surface area contributed by atoms with E-state index in [2.05, 4.69) is 37.2 Å². The summed E-state index contributed by atoms with van der Waals surface area (Å²) in [5.74, 6) is -5.38. The Kier molecular flexibility index (Phi) is 8.87. The van der Waals surface area contributed by atoms with Gasteiger partial charge in [0, 0.05) is 54.0 Å². The third kappa shape index (κ3) is 6.70. The van der Waals surface area contributed by atoms with Gasteiger partial charge < -0.3 is 5.32 Å². The van der Waals surface area contributed by atoms with E-state index in [1.165, 1.54) is 16.0 Å². The number of amides is 1. The highest BCUT2D eigenvalue weighted by atomic mass is 32.2. The van der Waals surface area contributed by atoms with E-state index >= 15 is 8.78 Å². The topological polar surface area (TPSA) is 155 Å². The van der Waals surface area contributed by atoms with Gasteiger partial charge in [-0.3, -0.25) is 23.6 Å². The molecule has 1 amide bonds. The Bertz CT molecular complexity index is 3100. The first-order valence-corrected chi connectivity index (χ1v) is 20.5. The summed E-state index contributed by atoms with van der Waals surface area (Å²) in [6.07, 6.45) is -1.23. The van der Waals surface area contributed by atoms with Crippen LogP contribution in [0.1, 0.15) is 40.2 Å². The van der Waals surface area contributed by atoms with Crippen molar-refractivity contribution in [2.45, 2.75) is 37.0 Å². The van der Waals surface area contributed by atoms with E-state index in [0.717, 1.165) is 18.4 Å². The molecule has 308 valence electrons. The van der Waals surface area contributed by atoms with Crippen molar-refractivity contribution < 1.29 is 43.9 Å². The van der Waals surface area contributed by atoms with E-state index in [1.807, 2.05) is 0 Å². The van der Waals surface area contributed by atoms with Crippen LogP contribution in [-0.2, 0) is 54.0 Å². The molecule has 5 aromatic heterocycles. The number of nitrogens with one attached hydrogen (secondary N) is 2. The minimum absolute atomic E-state index is 0.00444. The lowest BCUT2D eigenvalue weighted by Crippen LogP contribution is -2.36. The number of hydrogen-bond donors (Lipinski definition) is 2. The zero-order chi connectivity index (χ0) is 42.6. The second-order valence-electron chi connectivity index (χ2n) is 14.4. The van der Waals surface area contributed by atoms with Crippen LogP contribution >= 0.6 is 11.3 Å². The first-order valence-electron chi connectivity index (χ1n) is 17.8. The maximum absolute atomic E-state index is 15.6. The maximum atomic E-state index is 15.6. The molecule has 5 heterocycles. The van der Waals surface area contributed by atoms with Crippen LogP contribution in [0.15, 0.2) is 54.9 Å². The molecule has 0 saturated carbocycles. The van der Waals surface area contributed by atoms with Crippen LogP contribution in [0.4, 0.5) is 36.6 Å². The molecule has 9 rings (SSSR count).